The van der Waals surface area contributed by atoms with Crippen molar-refractivity contribution >= 4 is 56.6 Å². The topological polar surface area (TPSA) is 23.6 Å². The molecule has 0 spiro atoms. The second-order valence-corrected chi connectivity index (χ2v) is 9.26. The number of hydrogen-bond acceptors (Lipinski definition) is 3. The number of amides is 1. The van der Waals surface area contributed by atoms with Crippen molar-refractivity contribution in [3.63, 3.8) is 0 Å². The molecular weight excluding hydrogens is 428 g/mol. The summed E-state index contributed by atoms with van der Waals surface area (Å²) in [6.45, 7) is 4.39. The predicted molar refractivity (Wildman–Crippen MR) is 116 cm³/mol. The van der Waals surface area contributed by atoms with Crippen molar-refractivity contribution in [2.45, 2.75) is 31.2 Å². The van der Waals surface area contributed by atoms with Gasteiger partial charge in [0.05, 0.1) is 5.69 Å². The van der Waals surface area contributed by atoms with Crippen LogP contribution in [0.5, 0.6) is 0 Å². The molecule has 2 aliphatic rings. The molecule has 0 aliphatic carbocycles. The SMILES string of the molecule is CC(C)c1ccc([C@H]2SC[C@@H]3C(=O)N(c4ccc(Br)cc4)C(=S)N32)cc1. The highest BCUT2D eigenvalue weighted by Crippen LogP contribution is 2.46. The van der Waals surface area contributed by atoms with Gasteiger partial charge in [-0.3, -0.25) is 9.69 Å². The number of thioether (sulfide) groups is 1. The van der Waals surface area contributed by atoms with E-state index in [1.54, 1.807) is 16.7 Å². The lowest BCUT2D eigenvalue weighted by Crippen LogP contribution is -2.33. The van der Waals surface area contributed by atoms with E-state index in [1.165, 1.54) is 11.1 Å². The molecule has 2 aliphatic heterocycles. The third-order valence-corrected chi connectivity index (χ3v) is 7.14. The van der Waals surface area contributed by atoms with E-state index in [0.29, 0.717) is 11.0 Å². The molecule has 26 heavy (non-hydrogen) atoms. The van der Waals surface area contributed by atoms with E-state index in [1.807, 2.05) is 24.3 Å². The quantitative estimate of drug-likeness (QED) is 0.595. The number of fused-ring (bicyclic) bond motifs is 1. The van der Waals surface area contributed by atoms with Gasteiger partial charge in [-0.25, -0.2) is 0 Å². The maximum absolute atomic E-state index is 13.0. The molecule has 2 fully saturated rings. The third-order valence-electron chi connectivity index (χ3n) is 4.89. The molecule has 0 N–H and O–H groups in total. The Balaban J connectivity index is 1.63. The number of hydrogen-bond donors (Lipinski definition) is 0. The number of carbonyl (C=O) groups is 1. The van der Waals surface area contributed by atoms with Crippen LogP contribution in [-0.4, -0.2) is 27.7 Å². The first-order chi connectivity index (χ1) is 12.5. The Morgan fingerprint density at radius 3 is 2.38 bits per heavy atom. The molecule has 0 saturated carbocycles. The van der Waals surface area contributed by atoms with Gasteiger partial charge in [-0.05, 0) is 53.5 Å². The summed E-state index contributed by atoms with van der Waals surface area (Å²) < 4.78 is 0.984. The lowest BCUT2D eigenvalue weighted by molar-refractivity contribution is -0.119. The predicted octanol–water partition coefficient (Wildman–Crippen LogP) is 5.32. The fourth-order valence-corrected chi connectivity index (χ4v) is 5.60. The molecule has 2 heterocycles. The van der Waals surface area contributed by atoms with Crippen molar-refractivity contribution < 1.29 is 4.79 Å². The van der Waals surface area contributed by atoms with Gasteiger partial charge in [-0.15, -0.1) is 11.8 Å². The van der Waals surface area contributed by atoms with Crippen molar-refractivity contribution in [2.75, 3.05) is 10.7 Å². The van der Waals surface area contributed by atoms with Gasteiger partial charge in [0.15, 0.2) is 5.11 Å². The number of rotatable bonds is 3. The van der Waals surface area contributed by atoms with Crippen LogP contribution in [0.4, 0.5) is 5.69 Å². The molecule has 4 rings (SSSR count). The normalized spacial score (nSPS) is 22.5. The highest BCUT2D eigenvalue weighted by Gasteiger charge is 2.50. The average molecular weight is 447 g/mol. The summed E-state index contributed by atoms with van der Waals surface area (Å²) in [7, 11) is 0. The van der Waals surface area contributed by atoms with Gasteiger partial charge in [0.2, 0.25) is 0 Å². The molecule has 0 unspecified atom stereocenters. The van der Waals surface area contributed by atoms with Crippen molar-refractivity contribution in [3.8, 4) is 0 Å². The van der Waals surface area contributed by atoms with Gasteiger partial charge in [-0.1, -0.05) is 54.0 Å². The monoisotopic (exact) mass is 446 g/mol. The summed E-state index contributed by atoms with van der Waals surface area (Å²) in [6.07, 6.45) is 0. The molecule has 0 aromatic heterocycles. The van der Waals surface area contributed by atoms with E-state index in [9.17, 15) is 4.79 Å². The van der Waals surface area contributed by atoms with Crippen molar-refractivity contribution in [2.24, 2.45) is 0 Å². The molecule has 3 nitrogen and oxygen atoms in total. The molecule has 0 bridgehead atoms. The van der Waals surface area contributed by atoms with Gasteiger partial charge in [0, 0.05) is 10.2 Å². The summed E-state index contributed by atoms with van der Waals surface area (Å²) >= 11 is 11.0. The molecular formula is C20H19BrN2OS2. The van der Waals surface area contributed by atoms with Crippen molar-refractivity contribution in [1.29, 1.82) is 0 Å². The maximum atomic E-state index is 13.0. The molecule has 2 aromatic rings. The largest absolute Gasteiger partial charge is 0.319 e. The summed E-state index contributed by atoms with van der Waals surface area (Å²) in [6, 6.07) is 16.3. The van der Waals surface area contributed by atoms with Crippen LogP contribution in [0.3, 0.4) is 0 Å². The van der Waals surface area contributed by atoms with E-state index >= 15 is 0 Å². The second kappa shape index (κ2) is 6.98. The van der Waals surface area contributed by atoms with E-state index < -0.39 is 0 Å². The lowest BCUT2D eigenvalue weighted by Gasteiger charge is -2.26. The smallest absolute Gasteiger partial charge is 0.257 e. The van der Waals surface area contributed by atoms with E-state index in [0.717, 1.165) is 15.9 Å². The van der Waals surface area contributed by atoms with Crippen molar-refractivity contribution in [1.82, 2.24) is 4.90 Å². The van der Waals surface area contributed by atoms with Gasteiger partial charge in [-0.2, -0.15) is 0 Å². The van der Waals surface area contributed by atoms with Crippen LogP contribution in [0.2, 0.25) is 0 Å². The van der Waals surface area contributed by atoms with Gasteiger partial charge in [0.25, 0.3) is 5.91 Å². The van der Waals surface area contributed by atoms with Crippen LogP contribution in [0.15, 0.2) is 53.0 Å². The molecule has 134 valence electrons. The van der Waals surface area contributed by atoms with E-state index in [2.05, 4.69) is 58.9 Å². The zero-order valence-electron chi connectivity index (χ0n) is 14.6. The number of nitrogens with zero attached hydrogens (tertiary/aromatic N) is 2. The minimum absolute atomic E-state index is 0.0751. The van der Waals surface area contributed by atoms with Crippen LogP contribution in [-0.2, 0) is 4.79 Å². The Labute approximate surface area is 171 Å². The summed E-state index contributed by atoms with van der Waals surface area (Å²) in [5.41, 5.74) is 3.36. The summed E-state index contributed by atoms with van der Waals surface area (Å²) in [5.74, 6) is 1.35. The Bertz CT molecular complexity index is 851. The van der Waals surface area contributed by atoms with E-state index in [-0.39, 0.29) is 17.3 Å². The highest BCUT2D eigenvalue weighted by atomic mass is 79.9. The minimum Gasteiger partial charge on any atom is -0.319 e. The average Bonchev–Trinajstić information content (AvgIpc) is 3.17. The first-order valence-electron chi connectivity index (χ1n) is 8.60. The zero-order chi connectivity index (χ0) is 18.4. The Kier molecular flexibility index (Phi) is 4.84. The number of thiocarbonyl (C=S) groups is 1. The Morgan fingerprint density at radius 1 is 1.12 bits per heavy atom. The fraction of sp³-hybridized carbons (Fsp3) is 0.300. The standard InChI is InChI=1S/C20H19BrN2OS2/c1-12(2)13-3-5-14(6-4-13)19-23-17(11-26-19)18(24)22(20(23)25)16-9-7-15(21)8-10-16/h3-10,12,17,19H,11H2,1-2H3/t17-,19-/m1/s1. The van der Waals surface area contributed by atoms with Gasteiger partial charge >= 0.3 is 0 Å². The van der Waals surface area contributed by atoms with Crippen LogP contribution >= 0.6 is 39.9 Å². The lowest BCUT2D eigenvalue weighted by atomic mass is 10.0. The van der Waals surface area contributed by atoms with Gasteiger partial charge < -0.3 is 4.90 Å². The minimum atomic E-state index is -0.175. The fourth-order valence-electron chi connectivity index (χ4n) is 3.42. The zero-order valence-corrected chi connectivity index (χ0v) is 17.8. The molecule has 2 saturated heterocycles. The molecule has 2 atom stereocenters. The highest BCUT2D eigenvalue weighted by molar-refractivity contribution is 9.10. The first-order valence-corrected chi connectivity index (χ1v) is 10.9. The summed E-state index contributed by atoms with van der Waals surface area (Å²) in [5, 5.41) is 0.698. The Morgan fingerprint density at radius 2 is 1.77 bits per heavy atom. The number of anilines is 1. The van der Waals surface area contributed by atoms with Crippen LogP contribution in [0.1, 0.15) is 36.3 Å². The molecule has 0 radical (unpaired) electrons. The number of carbonyl (C=O) groups excluding carboxylic acids is 1. The van der Waals surface area contributed by atoms with Crippen LogP contribution in [0, 0.1) is 0 Å². The second-order valence-electron chi connectivity index (χ2n) is 6.86. The van der Waals surface area contributed by atoms with E-state index in [4.69, 9.17) is 12.2 Å². The maximum Gasteiger partial charge on any atom is 0.257 e. The Hall–Kier alpha value is -1.37. The molecule has 2 aromatic carbocycles. The molecule has 6 heteroatoms. The van der Waals surface area contributed by atoms with Gasteiger partial charge in [0.1, 0.15) is 11.4 Å². The van der Waals surface area contributed by atoms with Crippen molar-refractivity contribution in [3.05, 3.63) is 64.1 Å². The van der Waals surface area contributed by atoms with Crippen LogP contribution < -0.4 is 4.90 Å². The molecule has 1 amide bonds. The van der Waals surface area contributed by atoms with Crippen LogP contribution in [0.25, 0.3) is 0 Å². The summed E-state index contributed by atoms with van der Waals surface area (Å²) in [4.78, 5) is 16.8. The number of benzene rings is 2. The third kappa shape index (κ3) is 2.98. The number of halogens is 1. The first kappa shape index (κ1) is 18.0.